The quantitative estimate of drug-likeness (QED) is 0.861. The van der Waals surface area contributed by atoms with E-state index in [9.17, 15) is 0 Å². The molecule has 0 saturated carbocycles. The Labute approximate surface area is 119 Å². The molecule has 1 N–H and O–H groups in total. The lowest BCUT2D eigenvalue weighted by atomic mass is 10.00. The molecule has 0 amide bonds. The van der Waals surface area contributed by atoms with Crippen LogP contribution in [0.2, 0.25) is 0 Å². The van der Waals surface area contributed by atoms with Gasteiger partial charge in [-0.25, -0.2) is 0 Å². The van der Waals surface area contributed by atoms with Crippen molar-refractivity contribution >= 4 is 11.3 Å². The van der Waals surface area contributed by atoms with Gasteiger partial charge in [0.2, 0.25) is 0 Å². The maximum atomic E-state index is 5.44. The highest BCUT2D eigenvalue weighted by Crippen LogP contribution is 2.27. The third kappa shape index (κ3) is 3.58. The van der Waals surface area contributed by atoms with Gasteiger partial charge in [0.05, 0.1) is 7.11 Å². The van der Waals surface area contributed by atoms with Crippen molar-refractivity contribution in [1.29, 1.82) is 0 Å². The first-order valence-corrected chi connectivity index (χ1v) is 7.53. The molecule has 1 unspecified atom stereocenters. The molecule has 1 heterocycles. The SMILES string of the molecule is CCNC(Cc1ccccc1OC)c1csc(C)c1. The number of hydrogen-bond donors (Lipinski definition) is 1. The van der Waals surface area contributed by atoms with Crippen molar-refractivity contribution in [2.24, 2.45) is 0 Å². The van der Waals surface area contributed by atoms with E-state index in [1.165, 1.54) is 16.0 Å². The summed E-state index contributed by atoms with van der Waals surface area (Å²) in [5.41, 5.74) is 2.62. The molecule has 19 heavy (non-hydrogen) atoms. The lowest BCUT2D eigenvalue weighted by molar-refractivity contribution is 0.405. The van der Waals surface area contributed by atoms with Gasteiger partial charge in [-0.05, 0) is 48.5 Å². The maximum absolute atomic E-state index is 5.44. The minimum Gasteiger partial charge on any atom is -0.496 e. The Bertz CT molecular complexity index is 521. The van der Waals surface area contributed by atoms with Gasteiger partial charge in [-0.2, -0.15) is 0 Å². The van der Waals surface area contributed by atoms with Gasteiger partial charge in [0.25, 0.3) is 0 Å². The minimum atomic E-state index is 0.353. The number of methoxy groups -OCH3 is 1. The molecule has 2 rings (SSSR count). The first-order valence-electron chi connectivity index (χ1n) is 6.65. The van der Waals surface area contributed by atoms with Crippen LogP contribution < -0.4 is 10.1 Å². The van der Waals surface area contributed by atoms with Crippen LogP contribution in [0.1, 0.15) is 29.0 Å². The monoisotopic (exact) mass is 275 g/mol. The fourth-order valence-electron chi connectivity index (χ4n) is 2.29. The van der Waals surface area contributed by atoms with E-state index in [2.05, 4.69) is 42.7 Å². The zero-order chi connectivity index (χ0) is 13.7. The van der Waals surface area contributed by atoms with Gasteiger partial charge in [-0.3, -0.25) is 0 Å². The number of likely N-dealkylation sites (N-methyl/N-ethyl adjacent to an activating group) is 1. The van der Waals surface area contributed by atoms with Crippen molar-refractivity contribution in [3.63, 3.8) is 0 Å². The minimum absolute atomic E-state index is 0.353. The van der Waals surface area contributed by atoms with Gasteiger partial charge in [0.1, 0.15) is 5.75 Å². The molecule has 0 spiro atoms. The van der Waals surface area contributed by atoms with Crippen LogP contribution in [0.4, 0.5) is 0 Å². The average molecular weight is 275 g/mol. The predicted molar refractivity (Wildman–Crippen MR) is 82.2 cm³/mol. The molecular weight excluding hydrogens is 254 g/mol. The second-order valence-electron chi connectivity index (χ2n) is 4.62. The fourth-order valence-corrected chi connectivity index (χ4v) is 3.05. The van der Waals surface area contributed by atoms with Crippen LogP contribution >= 0.6 is 11.3 Å². The molecular formula is C16H21NOS. The largest absolute Gasteiger partial charge is 0.496 e. The van der Waals surface area contributed by atoms with Crippen molar-refractivity contribution in [2.75, 3.05) is 13.7 Å². The Morgan fingerprint density at radius 3 is 2.74 bits per heavy atom. The summed E-state index contributed by atoms with van der Waals surface area (Å²) in [6.45, 7) is 5.27. The molecule has 0 aliphatic heterocycles. The Balaban J connectivity index is 2.21. The maximum Gasteiger partial charge on any atom is 0.122 e. The average Bonchev–Trinajstić information content (AvgIpc) is 2.85. The van der Waals surface area contributed by atoms with Gasteiger partial charge in [0, 0.05) is 10.9 Å². The number of rotatable bonds is 6. The standard InChI is InChI=1S/C16H21NOS/c1-4-17-15(14-9-12(2)19-11-14)10-13-7-5-6-8-16(13)18-3/h5-9,11,15,17H,4,10H2,1-3H3. The van der Waals surface area contributed by atoms with E-state index in [0.29, 0.717) is 6.04 Å². The number of thiophene rings is 1. The second kappa shape index (κ2) is 6.73. The molecule has 0 saturated heterocycles. The first-order chi connectivity index (χ1) is 9.24. The summed E-state index contributed by atoms with van der Waals surface area (Å²) < 4.78 is 5.44. The molecule has 1 atom stereocenters. The van der Waals surface area contributed by atoms with E-state index >= 15 is 0 Å². The molecule has 102 valence electrons. The van der Waals surface area contributed by atoms with E-state index in [1.54, 1.807) is 7.11 Å². The number of aryl methyl sites for hydroxylation is 1. The summed E-state index contributed by atoms with van der Waals surface area (Å²) in [5, 5.41) is 5.81. The van der Waals surface area contributed by atoms with Crippen molar-refractivity contribution < 1.29 is 4.74 Å². The summed E-state index contributed by atoms with van der Waals surface area (Å²) in [6.07, 6.45) is 0.952. The topological polar surface area (TPSA) is 21.3 Å². The molecule has 1 aromatic carbocycles. The molecule has 0 aliphatic carbocycles. The molecule has 0 fully saturated rings. The lowest BCUT2D eigenvalue weighted by Gasteiger charge is -2.18. The van der Waals surface area contributed by atoms with Gasteiger partial charge in [0.15, 0.2) is 0 Å². The van der Waals surface area contributed by atoms with Crippen LogP contribution in [-0.4, -0.2) is 13.7 Å². The van der Waals surface area contributed by atoms with E-state index in [1.807, 2.05) is 23.5 Å². The number of ether oxygens (including phenoxy) is 1. The lowest BCUT2D eigenvalue weighted by Crippen LogP contribution is -2.22. The smallest absolute Gasteiger partial charge is 0.122 e. The summed E-state index contributed by atoms with van der Waals surface area (Å²) in [5.74, 6) is 0.970. The highest BCUT2D eigenvalue weighted by atomic mass is 32.1. The van der Waals surface area contributed by atoms with Crippen molar-refractivity contribution in [2.45, 2.75) is 26.3 Å². The number of nitrogens with one attached hydrogen (secondary N) is 1. The van der Waals surface area contributed by atoms with Crippen LogP contribution in [0.5, 0.6) is 5.75 Å². The Kier molecular flexibility index (Phi) is 5.00. The molecule has 0 radical (unpaired) electrons. The van der Waals surface area contributed by atoms with Crippen molar-refractivity contribution in [3.05, 3.63) is 51.7 Å². The van der Waals surface area contributed by atoms with Crippen LogP contribution in [-0.2, 0) is 6.42 Å². The molecule has 1 aromatic heterocycles. The van der Waals surface area contributed by atoms with Crippen LogP contribution in [0.15, 0.2) is 35.7 Å². The molecule has 3 heteroatoms. The summed E-state index contributed by atoms with van der Waals surface area (Å²) >= 11 is 1.81. The summed E-state index contributed by atoms with van der Waals surface area (Å²) in [7, 11) is 1.73. The van der Waals surface area contributed by atoms with Gasteiger partial charge >= 0.3 is 0 Å². The first kappa shape index (κ1) is 14.1. The third-order valence-electron chi connectivity index (χ3n) is 3.22. The van der Waals surface area contributed by atoms with Crippen LogP contribution in [0, 0.1) is 6.92 Å². The Morgan fingerprint density at radius 1 is 1.32 bits per heavy atom. The van der Waals surface area contributed by atoms with Crippen LogP contribution in [0.3, 0.4) is 0 Å². The zero-order valence-electron chi connectivity index (χ0n) is 11.8. The highest BCUT2D eigenvalue weighted by molar-refractivity contribution is 7.10. The Morgan fingerprint density at radius 2 is 2.11 bits per heavy atom. The third-order valence-corrected chi connectivity index (χ3v) is 4.10. The fraction of sp³-hybridized carbons (Fsp3) is 0.375. The number of para-hydroxylation sites is 1. The molecule has 2 nitrogen and oxygen atoms in total. The summed E-state index contributed by atoms with van der Waals surface area (Å²) in [4.78, 5) is 1.36. The highest BCUT2D eigenvalue weighted by Gasteiger charge is 2.14. The van der Waals surface area contributed by atoms with E-state index in [-0.39, 0.29) is 0 Å². The van der Waals surface area contributed by atoms with E-state index in [4.69, 9.17) is 4.74 Å². The second-order valence-corrected chi connectivity index (χ2v) is 5.73. The number of benzene rings is 1. The molecule has 2 aromatic rings. The van der Waals surface area contributed by atoms with Crippen LogP contribution in [0.25, 0.3) is 0 Å². The van der Waals surface area contributed by atoms with Crippen molar-refractivity contribution in [3.8, 4) is 5.75 Å². The zero-order valence-corrected chi connectivity index (χ0v) is 12.6. The van der Waals surface area contributed by atoms with E-state index < -0.39 is 0 Å². The normalized spacial score (nSPS) is 12.4. The summed E-state index contributed by atoms with van der Waals surface area (Å²) in [6, 6.07) is 10.9. The molecule has 0 aliphatic rings. The van der Waals surface area contributed by atoms with E-state index in [0.717, 1.165) is 18.7 Å². The predicted octanol–water partition coefficient (Wildman–Crippen LogP) is 3.96. The van der Waals surface area contributed by atoms with Gasteiger partial charge in [-0.15, -0.1) is 11.3 Å². The number of hydrogen-bond acceptors (Lipinski definition) is 3. The molecule has 0 bridgehead atoms. The van der Waals surface area contributed by atoms with Gasteiger partial charge < -0.3 is 10.1 Å². The Hall–Kier alpha value is -1.32. The van der Waals surface area contributed by atoms with Crippen molar-refractivity contribution in [1.82, 2.24) is 5.32 Å². The van der Waals surface area contributed by atoms with Gasteiger partial charge in [-0.1, -0.05) is 25.1 Å².